The predicted octanol–water partition coefficient (Wildman–Crippen LogP) is 4.08. The molecule has 1 saturated heterocycles. The van der Waals surface area contributed by atoms with E-state index in [1.54, 1.807) is 24.2 Å². The molecule has 1 heterocycles. The second kappa shape index (κ2) is 8.37. The average molecular weight is 390 g/mol. The highest BCUT2D eigenvalue weighted by Gasteiger charge is 2.31. The number of methoxy groups -OCH3 is 1. The Hall–Kier alpha value is -2.96. The minimum Gasteiger partial charge on any atom is -0.496 e. The predicted molar refractivity (Wildman–Crippen MR) is 102 cm³/mol. The van der Waals surface area contributed by atoms with Crippen LogP contribution in [-0.2, 0) is 11.0 Å². The van der Waals surface area contributed by atoms with Gasteiger partial charge in [-0.25, -0.2) is 0 Å². The molecule has 0 aromatic heterocycles. The third-order valence-corrected chi connectivity index (χ3v) is 4.67. The SMILES string of the molecule is COc1ccccc1C=CC(=O)N1CCN(c2cccc(C(F)(F)F)c2)CC1. The molecular formula is C21H21F3N2O2. The number of anilines is 1. The monoisotopic (exact) mass is 390 g/mol. The average Bonchev–Trinajstić information content (AvgIpc) is 2.72. The number of nitrogens with zero attached hydrogens (tertiary/aromatic N) is 2. The molecular weight excluding hydrogens is 369 g/mol. The van der Waals surface area contributed by atoms with Gasteiger partial charge in [-0.3, -0.25) is 4.79 Å². The van der Waals surface area contributed by atoms with Gasteiger partial charge in [-0.15, -0.1) is 0 Å². The van der Waals surface area contributed by atoms with E-state index >= 15 is 0 Å². The number of hydrogen-bond acceptors (Lipinski definition) is 3. The second-order valence-corrected chi connectivity index (χ2v) is 6.44. The number of amides is 1. The van der Waals surface area contributed by atoms with Crippen molar-refractivity contribution in [2.24, 2.45) is 0 Å². The maximum absolute atomic E-state index is 12.9. The van der Waals surface area contributed by atoms with E-state index in [0.29, 0.717) is 37.6 Å². The molecule has 1 aliphatic rings. The van der Waals surface area contributed by atoms with Gasteiger partial charge in [0.15, 0.2) is 0 Å². The standard InChI is InChI=1S/C21H21F3N2O2/c1-28-19-8-3-2-5-16(19)9-10-20(27)26-13-11-25(12-14-26)18-7-4-6-17(15-18)21(22,23)24/h2-10,15H,11-14H2,1H3. The molecule has 4 nitrogen and oxygen atoms in total. The molecule has 7 heteroatoms. The van der Waals surface area contributed by atoms with Crippen molar-refractivity contribution in [2.45, 2.75) is 6.18 Å². The lowest BCUT2D eigenvalue weighted by atomic mass is 10.1. The largest absolute Gasteiger partial charge is 0.496 e. The second-order valence-electron chi connectivity index (χ2n) is 6.44. The lowest BCUT2D eigenvalue weighted by Crippen LogP contribution is -2.48. The highest BCUT2D eigenvalue weighted by molar-refractivity contribution is 5.92. The molecule has 0 N–H and O–H groups in total. The summed E-state index contributed by atoms with van der Waals surface area (Å²) in [5, 5.41) is 0. The fraction of sp³-hybridized carbons (Fsp3) is 0.286. The van der Waals surface area contributed by atoms with Crippen molar-refractivity contribution in [1.29, 1.82) is 0 Å². The summed E-state index contributed by atoms with van der Waals surface area (Å²) in [6.45, 7) is 1.86. The van der Waals surface area contributed by atoms with Gasteiger partial charge in [0.1, 0.15) is 5.75 Å². The molecule has 1 fully saturated rings. The lowest BCUT2D eigenvalue weighted by molar-refractivity contribution is -0.137. The van der Waals surface area contributed by atoms with Crippen LogP contribution in [0.4, 0.5) is 18.9 Å². The highest BCUT2D eigenvalue weighted by atomic mass is 19.4. The first-order valence-corrected chi connectivity index (χ1v) is 8.90. The van der Waals surface area contributed by atoms with Crippen molar-refractivity contribution >= 4 is 17.7 Å². The number of rotatable bonds is 4. The fourth-order valence-corrected chi connectivity index (χ4v) is 3.13. The smallest absolute Gasteiger partial charge is 0.416 e. The molecule has 0 saturated carbocycles. The van der Waals surface area contributed by atoms with E-state index in [0.717, 1.165) is 17.7 Å². The summed E-state index contributed by atoms with van der Waals surface area (Å²) in [5.74, 6) is 0.551. The zero-order chi connectivity index (χ0) is 20.1. The Balaban J connectivity index is 1.61. The molecule has 0 aliphatic carbocycles. The van der Waals surface area contributed by atoms with Gasteiger partial charge >= 0.3 is 6.18 Å². The summed E-state index contributed by atoms with van der Waals surface area (Å²) in [5.41, 5.74) is 0.663. The first kappa shape index (κ1) is 19.8. The highest BCUT2D eigenvalue weighted by Crippen LogP contribution is 2.31. The quantitative estimate of drug-likeness (QED) is 0.738. The number of para-hydroxylation sites is 1. The number of hydrogen-bond donors (Lipinski definition) is 0. The first-order chi connectivity index (χ1) is 13.4. The van der Waals surface area contributed by atoms with Crippen molar-refractivity contribution in [1.82, 2.24) is 4.90 Å². The van der Waals surface area contributed by atoms with Crippen molar-refractivity contribution in [3.8, 4) is 5.75 Å². The van der Waals surface area contributed by atoms with Crippen LogP contribution in [0.3, 0.4) is 0 Å². The zero-order valence-corrected chi connectivity index (χ0v) is 15.4. The first-order valence-electron chi connectivity index (χ1n) is 8.90. The van der Waals surface area contributed by atoms with Crippen LogP contribution in [0.2, 0.25) is 0 Å². The topological polar surface area (TPSA) is 32.8 Å². The minimum absolute atomic E-state index is 0.130. The molecule has 1 amide bonds. The maximum atomic E-state index is 12.9. The Bertz CT molecular complexity index is 857. The molecule has 0 bridgehead atoms. The van der Waals surface area contributed by atoms with Gasteiger partial charge in [-0.2, -0.15) is 13.2 Å². The molecule has 0 spiro atoms. The summed E-state index contributed by atoms with van der Waals surface area (Å²) in [6, 6.07) is 12.7. The Morgan fingerprint density at radius 1 is 1.04 bits per heavy atom. The summed E-state index contributed by atoms with van der Waals surface area (Å²) in [6.07, 6.45) is -1.16. The minimum atomic E-state index is -4.36. The van der Waals surface area contributed by atoms with Crippen LogP contribution < -0.4 is 9.64 Å². The number of halogens is 3. The van der Waals surface area contributed by atoms with E-state index in [4.69, 9.17) is 4.74 Å². The molecule has 0 unspecified atom stereocenters. The number of carbonyl (C=O) groups is 1. The van der Waals surface area contributed by atoms with Crippen molar-refractivity contribution < 1.29 is 22.7 Å². The molecule has 0 radical (unpaired) electrons. The Morgan fingerprint density at radius 3 is 2.43 bits per heavy atom. The van der Waals surface area contributed by atoms with E-state index in [1.165, 1.54) is 12.1 Å². The van der Waals surface area contributed by atoms with Gasteiger partial charge in [0.25, 0.3) is 0 Å². The Morgan fingerprint density at radius 2 is 1.75 bits per heavy atom. The fourth-order valence-electron chi connectivity index (χ4n) is 3.13. The van der Waals surface area contributed by atoms with E-state index in [1.807, 2.05) is 29.2 Å². The molecule has 2 aromatic carbocycles. The zero-order valence-electron chi connectivity index (χ0n) is 15.4. The number of piperazine rings is 1. The third kappa shape index (κ3) is 4.65. The van der Waals surface area contributed by atoms with E-state index in [-0.39, 0.29) is 5.91 Å². The van der Waals surface area contributed by atoms with E-state index < -0.39 is 11.7 Å². The van der Waals surface area contributed by atoms with Crippen LogP contribution in [-0.4, -0.2) is 44.1 Å². The summed E-state index contributed by atoms with van der Waals surface area (Å²) in [4.78, 5) is 16.0. The van der Waals surface area contributed by atoms with E-state index in [2.05, 4.69) is 0 Å². The van der Waals surface area contributed by atoms with Crippen LogP contribution in [0.1, 0.15) is 11.1 Å². The Kier molecular flexibility index (Phi) is 5.92. The van der Waals surface area contributed by atoms with Crippen LogP contribution in [0.25, 0.3) is 6.08 Å². The van der Waals surface area contributed by atoms with Gasteiger partial charge in [0, 0.05) is 43.5 Å². The normalized spacial score (nSPS) is 15.1. The van der Waals surface area contributed by atoms with Crippen LogP contribution in [0.15, 0.2) is 54.6 Å². The molecule has 1 aliphatic heterocycles. The van der Waals surface area contributed by atoms with Gasteiger partial charge in [0.2, 0.25) is 5.91 Å². The van der Waals surface area contributed by atoms with Crippen LogP contribution in [0.5, 0.6) is 5.75 Å². The molecule has 2 aromatic rings. The maximum Gasteiger partial charge on any atom is 0.416 e. The van der Waals surface area contributed by atoms with Crippen LogP contribution >= 0.6 is 0 Å². The number of ether oxygens (including phenoxy) is 1. The van der Waals surface area contributed by atoms with Gasteiger partial charge in [-0.05, 0) is 30.3 Å². The summed E-state index contributed by atoms with van der Waals surface area (Å²) < 4.78 is 43.9. The van der Waals surface area contributed by atoms with Crippen LogP contribution in [0, 0.1) is 0 Å². The van der Waals surface area contributed by atoms with E-state index in [9.17, 15) is 18.0 Å². The van der Waals surface area contributed by atoms with Gasteiger partial charge in [-0.1, -0.05) is 24.3 Å². The number of alkyl halides is 3. The van der Waals surface area contributed by atoms with Crippen molar-refractivity contribution in [2.75, 3.05) is 38.2 Å². The summed E-state index contributed by atoms with van der Waals surface area (Å²) in [7, 11) is 1.57. The Labute approximate surface area is 161 Å². The molecule has 28 heavy (non-hydrogen) atoms. The third-order valence-electron chi connectivity index (χ3n) is 4.67. The van der Waals surface area contributed by atoms with Gasteiger partial charge < -0.3 is 14.5 Å². The number of benzene rings is 2. The van der Waals surface area contributed by atoms with Crippen molar-refractivity contribution in [3.05, 3.63) is 65.7 Å². The summed E-state index contributed by atoms with van der Waals surface area (Å²) >= 11 is 0. The van der Waals surface area contributed by atoms with Gasteiger partial charge in [0.05, 0.1) is 12.7 Å². The lowest BCUT2D eigenvalue weighted by Gasteiger charge is -2.36. The molecule has 3 rings (SSSR count). The molecule has 148 valence electrons. The number of carbonyl (C=O) groups excluding carboxylic acids is 1. The van der Waals surface area contributed by atoms with Crippen molar-refractivity contribution in [3.63, 3.8) is 0 Å². The molecule has 0 atom stereocenters.